The van der Waals surface area contributed by atoms with Gasteiger partial charge in [0.2, 0.25) is 0 Å². The van der Waals surface area contributed by atoms with E-state index in [0.717, 1.165) is 5.69 Å². The maximum Gasteiger partial charge on any atom is 0.0697 e. The highest BCUT2D eigenvalue weighted by Gasteiger charge is 1.99. The molecule has 0 unspecified atom stereocenters. The van der Waals surface area contributed by atoms with E-state index in [0.29, 0.717) is 0 Å². The van der Waals surface area contributed by atoms with Crippen LogP contribution in [0, 0.1) is 6.92 Å². The zero-order valence-corrected chi connectivity index (χ0v) is 8.46. The van der Waals surface area contributed by atoms with Crippen LogP contribution in [0.5, 0.6) is 0 Å². The first kappa shape index (κ1) is 9.72. The van der Waals surface area contributed by atoms with Crippen molar-refractivity contribution >= 4 is 18.5 Å². The molecule has 1 rings (SSSR count). The third-order valence-electron chi connectivity index (χ3n) is 1.90. The Bertz CT molecular complexity index is 344. The van der Waals surface area contributed by atoms with Gasteiger partial charge in [-0.25, -0.2) is 0 Å². The smallest absolute Gasteiger partial charge is 0.0697 e. The summed E-state index contributed by atoms with van der Waals surface area (Å²) in [6.07, 6.45) is 2.14. The van der Waals surface area contributed by atoms with Crippen LogP contribution in [0.15, 0.2) is 28.8 Å². The fourth-order valence-electron chi connectivity index (χ4n) is 1.28. The van der Waals surface area contributed by atoms with Crippen molar-refractivity contribution in [3.05, 3.63) is 34.9 Å². The van der Waals surface area contributed by atoms with Gasteiger partial charge in [0.05, 0.1) is 5.69 Å². The Morgan fingerprint density at radius 2 is 2.08 bits per heavy atom. The summed E-state index contributed by atoms with van der Waals surface area (Å²) in [6.45, 7) is 9.81. The molecule has 0 saturated heterocycles. The number of nitrogens with zero attached hydrogens (tertiary/aromatic N) is 1. The lowest BCUT2D eigenvalue weighted by Gasteiger charge is -2.04. The Morgan fingerprint density at radius 3 is 2.62 bits per heavy atom. The average Bonchev–Trinajstić information content (AvgIpc) is 2.08. The monoisotopic (exact) mass is 173 g/mol. The van der Waals surface area contributed by atoms with Crippen LogP contribution in [-0.4, -0.2) is 6.72 Å². The lowest BCUT2D eigenvalue weighted by molar-refractivity contribution is 1.37. The molecule has 0 radical (unpaired) electrons. The highest BCUT2D eigenvalue weighted by molar-refractivity contribution is 5.69. The van der Waals surface area contributed by atoms with Crippen LogP contribution >= 0.6 is 0 Å². The maximum atomic E-state index is 3.99. The number of hydrogen-bond donors (Lipinski definition) is 0. The molecule has 0 aliphatic carbocycles. The molecule has 1 nitrogen and oxygen atoms in total. The molecule has 68 valence electrons. The molecule has 1 aromatic carbocycles. The molecule has 0 atom stereocenters. The summed E-state index contributed by atoms with van der Waals surface area (Å²) in [6, 6.07) is 6.07. The van der Waals surface area contributed by atoms with Gasteiger partial charge in [-0.3, -0.25) is 4.99 Å². The first-order valence-electron chi connectivity index (χ1n) is 4.36. The van der Waals surface area contributed by atoms with E-state index in [4.69, 9.17) is 0 Å². The summed E-state index contributed by atoms with van der Waals surface area (Å²) in [5.74, 6) is 0. The number of hydrogen-bond acceptors (Lipinski definition) is 1. The summed E-state index contributed by atoms with van der Waals surface area (Å²) in [4.78, 5) is 3.99. The minimum Gasteiger partial charge on any atom is -0.264 e. The molecule has 0 fully saturated rings. The largest absolute Gasteiger partial charge is 0.264 e. The van der Waals surface area contributed by atoms with Crippen LogP contribution in [-0.2, 0) is 0 Å². The van der Waals surface area contributed by atoms with Crippen LogP contribution in [0.4, 0.5) is 5.69 Å². The van der Waals surface area contributed by atoms with Gasteiger partial charge in [0, 0.05) is 5.56 Å². The van der Waals surface area contributed by atoms with Crippen molar-refractivity contribution in [2.24, 2.45) is 4.99 Å². The zero-order valence-electron chi connectivity index (χ0n) is 8.46. The van der Waals surface area contributed by atoms with Crippen LogP contribution < -0.4 is 0 Å². The molecule has 0 aliphatic rings. The third-order valence-corrected chi connectivity index (χ3v) is 1.90. The van der Waals surface area contributed by atoms with Crippen molar-refractivity contribution in [1.29, 1.82) is 0 Å². The number of benzene rings is 1. The van der Waals surface area contributed by atoms with Crippen LogP contribution in [0.2, 0.25) is 0 Å². The predicted octanol–water partition coefficient (Wildman–Crippen LogP) is 3.75. The summed E-state index contributed by atoms with van der Waals surface area (Å²) < 4.78 is 0. The molecule has 0 saturated carbocycles. The van der Waals surface area contributed by atoms with Crippen molar-refractivity contribution in [1.82, 2.24) is 0 Å². The zero-order chi connectivity index (χ0) is 9.84. The van der Waals surface area contributed by atoms with E-state index in [1.165, 1.54) is 16.7 Å². The van der Waals surface area contributed by atoms with Crippen LogP contribution in [0.3, 0.4) is 0 Å². The Hall–Kier alpha value is -1.37. The molecular formula is C12H15N. The normalized spacial score (nSPS) is 9.46. The Balaban J connectivity index is 3.31. The van der Waals surface area contributed by atoms with Crippen LogP contribution in [0.25, 0.3) is 6.08 Å². The minimum atomic E-state index is 0.959. The molecule has 0 amide bonds. The molecule has 0 N–H and O–H groups in total. The molecule has 0 spiro atoms. The molecule has 0 aromatic heterocycles. The van der Waals surface area contributed by atoms with E-state index < -0.39 is 0 Å². The van der Waals surface area contributed by atoms with Gasteiger partial charge >= 0.3 is 0 Å². The van der Waals surface area contributed by atoms with Gasteiger partial charge in [-0.1, -0.05) is 23.8 Å². The summed E-state index contributed by atoms with van der Waals surface area (Å²) in [5, 5.41) is 0. The van der Waals surface area contributed by atoms with Gasteiger partial charge in [-0.05, 0) is 39.1 Å². The van der Waals surface area contributed by atoms with E-state index in [2.05, 4.69) is 44.6 Å². The van der Waals surface area contributed by atoms with Gasteiger partial charge in [-0.15, -0.1) is 0 Å². The van der Waals surface area contributed by atoms with Gasteiger partial charge in [0.25, 0.3) is 0 Å². The van der Waals surface area contributed by atoms with Crippen molar-refractivity contribution in [3.63, 3.8) is 0 Å². The van der Waals surface area contributed by atoms with Crippen molar-refractivity contribution in [3.8, 4) is 0 Å². The SMILES string of the molecule is C=Nc1cccc(C)c1C=C(C)C. The molecule has 0 aliphatic heterocycles. The van der Waals surface area contributed by atoms with Gasteiger partial charge in [0.1, 0.15) is 0 Å². The number of rotatable bonds is 2. The minimum absolute atomic E-state index is 0.959. The van der Waals surface area contributed by atoms with E-state index in [9.17, 15) is 0 Å². The average molecular weight is 173 g/mol. The Kier molecular flexibility index (Phi) is 3.02. The number of aliphatic imine (C=N–C) groups is 1. The highest BCUT2D eigenvalue weighted by Crippen LogP contribution is 2.24. The van der Waals surface area contributed by atoms with E-state index in [-0.39, 0.29) is 0 Å². The van der Waals surface area contributed by atoms with Crippen molar-refractivity contribution in [2.75, 3.05) is 0 Å². The quantitative estimate of drug-likeness (QED) is 0.604. The fraction of sp³-hybridized carbons (Fsp3) is 0.250. The molecule has 0 heterocycles. The second-order valence-corrected chi connectivity index (χ2v) is 3.39. The van der Waals surface area contributed by atoms with E-state index in [1.807, 2.05) is 12.1 Å². The highest BCUT2D eigenvalue weighted by atomic mass is 14.7. The first-order valence-corrected chi connectivity index (χ1v) is 4.36. The van der Waals surface area contributed by atoms with Crippen LogP contribution in [0.1, 0.15) is 25.0 Å². The van der Waals surface area contributed by atoms with Crippen molar-refractivity contribution < 1.29 is 0 Å². The standard InChI is InChI=1S/C12H15N/c1-9(2)8-11-10(3)6-5-7-12(11)13-4/h5-8H,4H2,1-3H3. The van der Waals surface area contributed by atoms with Crippen molar-refractivity contribution in [2.45, 2.75) is 20.8 Å². The van der Waals surface area contributed by atoms with E-state index in [1.54, 1.807) is 0 Å². The molecule has 0 bridgehead atoms. The first-order chi connectivity index (χ1) is 6.15. The van der Waals surface area contributed by atoms with E-state index >= 15 is 0 Å². The molecule has 1 heteroatoms. The molecular weight excluding hydrogens is 158 g/mol. The number of aryl methyl sites for hydroxylation is 1. The fourth-order valence-corrected chi connectivity index (χ4v) is 1.28. The lowest BCUT2D eigenvalue weighted by Crippen LogP contribution is -1.81. The Morgan fingerprint density at radius 1 is 1.38 bits per heavy atom. The third kappa shape index (κ3) is 2.28. The predicted molar refractivity (Wildman–Crippen MR) is 59.7 cm³/mol. The molecule has 1 aromatic rings. The lowest BCUT2D eigenvalue weighted by atomic mass is 10.0. The topological polar surface area (TPSA) is 12.4 Å². The van der Waals surface area contributed by atoms with Gasteiger partial charge in [-0.2, -0.15) is 0 Å². The second kappa shape index (κ2) is 4.04. The summed E-state index contributed by atoms with van der Waals surface area (Å²) >= 11 is 0. The summed E-state index contributed by atoms with van der Waals surface area (Å²) in [7, 11) is 0. The molecule has 13 heavy (non-hydrogen) atoms. The number of allylic oxidation sites excluding steroid dienone is 1. The maximum absolute atomic E-state index is 3.99. The summed E-state index contributed by atoms with van der Waals surface area (Å²) in [5.41, 5.74) is 4.66. The second-order valence-electron chi connectivity index (χ2n) is 3.39. The van der Waals surface area contributed by atoms with Gasteiger partial charge in [0.15, 0.2) is 0 Å². The Labute approximate surface area is 79.8 Å². The van der Waals surface area contributed by atoms with Gasteiger partial charge < -0.3 is 0 Å².